The maximum Gasteiger partial charge on any atom is 0.150 e. The van der Waals surface area contributed by atoms with E-state index in [1.54, 1.807) is 13.0 Å². The largest absolute Gasteiger partial charge is 0.374 e. The molecule has 0 radical (unpaired) electrons. The number of nitrogens with one attached hydrogen (secondary N) is 1. The second kappa shape index (κ2) is 4.55. The lowest BCUT2D eigenvalue weighted by Crippen LogP contribution is -2.13. The van der Waals surface area contributed by atoms with Crippen LogP contribution in [0.3, 0.4) is 0 Å². The standard InChI is InChI=1S/C10H10BrF2N/c1-3-6(2)14-10-8(12)4-7(11)5-9(10)13/h3-6,14H,1H2,2H3. The molecule has 1 N–H and O–H groups in total. The van der Waals surface area contributed by atoms with Crippen LogP contribution in [0.4, 0.5) is 14.5 Å². The minimum absolute atomic E-state index is 0.124. The molecule has 14 heavy (non-hydrogen) atoms. The van der Waals surface area contributed by atoms with Gasteiger partial charge in [0.1, 0.15) is 17.3 Å². The van der Waals surface area contributed by atoms with Gasteiger partial charge in [0.25, 0.3) is 0 Å². The van der Waals surface area contributed by atoms with Gasteiger partial charge in [-0.1, -0.05) is 22.0 Å². The average Bonchev–Trinajstić information content (AvgIpc) is 2.10. The first-order valence-corrected chi connectivity index (χ1v) is 4.87. The van der Waals surface area contributed by atoms with Crippen LogP contribution in [-0.2, 0) is 0 Å². The first kappa shape index (κ1) is 11.2. The Labute approximate surface area is 90.0 Å². The average molecular weight is 262 g/mol. The Bertz CT molecular complexity index is 329. The maximum absolute atomic E-state index is 13.2. The molecule has 0 aliphatic carbocycles. The van der Waals surface area contributed by atoms with Crippen LogP contribution in [0.1, 0.15) is 6.92 Å². The summed E-state index contributed by atoms with van der Waals surface area (Å²) in [5.41, 5.74) is -0.124. The van der Waals surface area contributed by atoms with Crippen molar-refractivity contribution < 1.29 is 8.78 Å². The number of benzene rings is 1. The Morgan fingerprint density at radius 1 is 1.43 bits per heavy atom. The number of hydrogen-bond acceptors (Lipinski definition) is 1. The molecule has 76 valence electrons. The molecule has 1 aromatic carbocycles. The van der Waals surface area contributed by atoms with E-state index in [0.717, 1.165) is 0 Å². The molecular formula is C10H10BrF2N. The molecule has 0 aliphatic heterocycles. The molecule has 0 amide bonds. The van der Waals surface area contributed by atoms with E-state index >= 15 is 0 Å². The van der Waals surface area contributed by atoms with Crippen molar-refractivity contribution >= 4 is 21.6 Å². The van der Waals surface area contributed by atoms with E-state index in [1.807, 2.05) is 0 Å². The zero-order valence-electron chi connectivity index (χ0n) is 7.65. The zero-order chi connectivity index (χ0) is 10.7. The SMILES string of the molecule is C=CC(C)Nc1c(F)cc(Br)cc1F. The summed E-state index contributed by atoms with van der Waals surface area (Å²) in [6, 6.07) is 2.24. The van der Waals surface area contributed by atoms with Crippen molar-refractivity contribution in [1.82, 2.24) is 0 Å². The van der Waals surface area contributed by atoms with Gasteiger partial charge in [0.05, 0.1) is 0 Å². The molecule has 0 fully saturated rings. The first-order valence-electron chi connectivity index (χ1n) is 4.08. The van der Waals surface area contributed by atoms with Crippen molar-refractivity contribution in [3.8, 4) is 0 Å². The molecule has 0 saturated heterocycles. The highest BCUT2D eigenvalue weighted by atomic mass is 79.9. The summed E-state index contributed by atoms with van der Waals surface area (Å²) in [4.78, 5) is 0. The van der Waals surface area contributed by atoms with Crippen LogP contribution in [0.5, 0.6) is 0 Å². The van der Waals surface area contributed by atoms with E-state index in [-0.39, 0.29) is 11.7 Å². The molecule has 1 aromatic rings. The minimum Gasteiger partial charge on any atom is -0.374 e. The van der Waals surface area contributed by atoms with Crippen LogP contribution in [0.25, 0.3) is 0 Å². The molecule has 0 saturated carbocycles. The summed E-state index contributed by atoms with van der Waals surface area (Å²) >= 11 is 3.00. The molecule has 1 unspecified atom stereocenters. The van der Waals surface area contributed by atoms with Crippen LogP contribution in [0.2, 0.25) is 0 Å². The Balaban J connectivity index is 3.02. The van der Waals surface area contributed by atoms with E-state index in [9.17, 15) is 8.78 Å². The van der Waals surface area contributed by atoms with Gasteiger partial charge in [0, 0.05) is 10.5 Å². The van der Waals surface area contributed by atoms with Crippen LogP contribution < -0.4 is 5.32 Å². The normalized spacial score (nSPS) is 12.3. The number of hydrogen-bond donors (Lipinski definition) is 1. The molecule has 0 aliphatic rings. The van der Waals surface area contributed by atoms with Gasteiger partial charge in [-0.25, -0.2) is 8.78 Å². The fourth-order valence-electron chi connectivity index (χ4n) is 0.967. The van der Waals surface area contributed by atoms with Crippen molar-refractivity contribution in [1.29, 1.82) is 0 Å². The van der Waals surface area contributed by atoms with Gasteiger partial charge in [0.15, 0.2) is 0 Å². The third-order valence-corrected chi connectivity index (χ3v) is 2.19. The van der Waals surface area contributed by atoms with Gasteiger partial charge in [-0.05, 0) is 19.1 Å². The topological polar surface area (TPSA) is 12.0 Å². The summed E-state index contributed by atoms with van der Waals surface area (Å²) in [7, 11) is 0. The lowest BCUT2D eigenvalue weighted by molar-refractivity contribution is 0.585. The molecule has 1 rings (SSSR count). The van der Waals surface area contributed by atoms with E-state index in [4.69, 9.17) is 0 Å². The summed E-state index contributed by atoms with van der Waals surface area (Å²) in [6.07, 6.45) is 1.57. The maximum atomic E-state index is 13.2. The number of halogens is 3. The minimum atomic E-state index is -0.620. The van der Waals surface area contributed by atoms with Crippen molar-refractivity contribution in [2.45, 2.75) is 13.0 Å². The highest BCUT2D eigenvalue weighted by Crippen LogP contribution is 2.24. The van der Waals surface area contributed by atoms with Crippen molar-refractivity contribution in [2.24, 2.45) is 0 Å². The van der Waals surface area contributed by atoms with E-state index in [0.29, 0.717) is 4.47 Å². The second-order valence-electron chi connectivity index (χ2n) is 2.91. The van der Waals surface area contributed by atoms with Crippen LogP contribution in [0.15, 0.2) is 29.3 Å². The van der Waals surface area contributed by atoms with Crippen LogP contribution in [0, 0.1) is 11.6 Å². The lowest BCUT2D eigenvalue weighted by Gasteiger charge is -2.12. The molecule has 0 spiro atoms. The van der Waals surface area contributed by atoms with Gasteiger partial charge in [0.2, 0.25) is 0 Å². The molecule has 0 aromatic heterocycles. The smallest absolute Gasteiger partial charge is 0.150 e. The summed E-state index contributed by atoms with van der Waals surface area (Å²) in [5, 5.41) is 2.67. The summed E-state index contributed by atoms with van der Waals surface area (Å²) < 4.78 is 26.9. The van der Waals surface area contributed by atoms with Crippen molar-refractivity contribution in [2.75, 3.05) is 5.32 Å². The number of rotatable bonds is 3. The first-order chi connectivity index (χ1) is 6.54. The lowest BCUT2D eigenvalue weighted by atomic mass is 10.2. The fourth-order valence-corrected chi connectivity index (χ4v) is 1.37. The van der Waals surface area contributed by atoms with Crippen molar-refractivity contribution in [3.05, 3.63) is 40.9 Å². The predicted octanol–water partition coefficient (Wildman–Crippen LogP) is 3.71. The molecule has 4 heteroatoms. The fraction of sp³-hybridized carbons (Fsp3) is 0.200. The highest BCUT2D eigenvalue weighted by Gasteiger charge is 2.11. The second-order valence-corrected chi connectivity index (χ2v) is 3.83. The molecule has 1 nitrogen and oxygen atoms in total. The Hall–Kier alpha value is -0.900. The highest BCUT2D eigenvalue weighted by molar-refractivity contribution is 9.10. The summed E-state index contributed by atoms with van der Waals surface area (Å²) in [6.45, 7) is 5.27. The van der Waals surface area contributed by atoms with Gasteiger partial charge in [-0.3, -0.25) is 0 Å². The number of anilines is 1. The van der Waals surface area contributed by atoms with Gasteiger partial charge in [-0.2, -0.15) is 0 Å². The Morgan fingerprint density at radius 2 is 1.93 bits per heavy atom. The van der Waals surface area contributed by atoms with Gasteiger partial charge in [-0.15, -0.1) is 6.58 Å². The Kier molecular flexibility index (Phi) is 3.63. The monoisotopic (exact) mass is 261 g/mol. The van der Waals surface area contributed by atoms with Crippen LogP contribution in [-0.4, -0.2) is 6.04 Å². The molecule has 1 atom stereocenters. The Morgan fingerprint density at radius 3 is 2.36 bits per heavy atom. The van der Waals surface area contributed by atoms with E-state index in [1.165, 1.54) is 12.1 Å². The van der Waals surface area contributed by atoms with Gasteiger partial charge >= 0.3 is 0 Å². The summed E-state index contributed by atoms with van der Waals surface area (Å²) in [5.74, 6) is -1.24. The predicted molar refractivity (Wildman–Crippen MR) is 57.3 cm³/mol. The third kappa shape index (κ3) is 2.54. The quantitative estimate of drug-likeness (QED) is 0.819. The van der Waals surface area contributed by atoms with Crippen LogP contribution >= 0.6 is 15.9 Å². The van der Waals surface area contributed by atoms with Gasteiger partial charge < -0.3 is 5.32 Å². The van der Waals surface area contributed by atoms with E-state index in [2.05, 4.69) is 27.8 Å². The van der Waals surface area contributed by atoms with Crippen molar-refractivity contribution in [3.63, 3.8) is 0 Å². The molecule has 0 heterocycles. The molecule has 0 bridgehead atoms. The third-order valence-electron chi connectivity index (χ3n) is 1.73. The van der Waals surface area contributed by atoms with E-state index < -0.39 is 11.6 Å². The zero-order valence-corrected chi connectivity index (χ0v) is 9.24. The molecular weight excluding hydrogens is 252 g/mol.